The fourth-order valence-corrected chi connectivity index (χ4v) is 3.58. The quantitative estimate of drug-likeness (QED) is 0.418. The Bertz CT molecular complexity index is 1160. The van der Waals surface area contributed by atoms with E-state index in [1.54, 1.807) is 17.9 Å². The smallest absolute Gasteiger partial charge is 0.418 e. The molecule has 0 unspecified atom stereocenters. The molecule has 0 fully saturated rings. The average molecular weight is 396 g/mol. The zero-order valence-corrected chi connectivity index (χ0v) is 16.0. The fourth-order valence-electron chi connectivity index (χ4n) is 3.58. The number of ether oxygens (including phenoxy) is 1. The lowest BCUT2D eigenvalue weighted by molar-refractivity contribution is -0.136. The normalized spacial score (nSPS) is 11.8. The molecule has 0 atom stereocenters. The molecule has 0 amide bonds. The largest absolute Gasteiger partial charge is 0.496 e. The van der Waals surface area contributed by atoms with Gasteiger partial charge in [-0.05, 0) is 42.3 Å². The zero-order valence-electron chi connectivity index (χ0n) is 16.0. The number of methoxy groups -OCH3 is 1. The predicted molar refractivity (Wildman–Crippen MR) is 107 cm³/mol. The molecule has 0 N–H and O–H groups in total. The minimum Gasteiger partial charge on any atom is -0.496 e. The van der Waals surface area contributed by atoms with E-state index >= 15 is 0 Å². The minimum absolute atomic E-state index is 0.0422. The summed E-state index contributed by atoms with van der Waals surface area (Å²) < 4.78 is 47.7. The number of aromatic nitrogens is 2. The Morgan fingerprint density at radius 1 is 0.966 bits per heavy atom. The first-order chi connectivity index (χ1) is 13.9. The van der Waals surface area contributed by atoms with Crippen molar-refractivity contribution in [1.82, 2.24) is 9.78 Å². The number of aryl methyl sites for hydroxylation is 1. The summed E-state index contributed by atoms with van der Waals surface area (Å²) in [5, 5.41) is 4.86. The molecule has 1 heterocycles. The van der Waals surface area contributed by atoms with E-state index in [0.717, 1.165) is 28.5 Å². The number of hydrogen-bond acceptors (Lipinski definition) is 2. The molecule has 3 aromatic carbocycles. The molecule has 0 aliphatic rings. The monoisotopic (exact) mass is 396 g/mol. The molecule has 6 heteroatoms. The maximum atomic E-state index is 13.6. The highest BCUT2D eigenvalue weighted by Gasteiger charge is 2.34. The zero-order chi connectivity index (χ0) is 20.6. The topological polar surface area (TPSA) is 27.1 Å². The molecule has 0 aliphatic carbocycles. The van der Waals surface area contributed by atoms with Gasteiger partial charge in [0.05, 0.1) is 24.9 Å². The van der Waals surface area contributed by atoms with Crippen molar-refractivity contribution >= 4 is 10.9 Å². The Hall–Kier alpha value is -3.28. The standard InChI is InChI=1S/C23H19F3N2O/c1-15-13-17(11-12-20(15)29-2)22-18-9-6-10-19(23(24,25)26)21(18)27-28(22)14-16-7-4-3-5-8-16/h3-13H,14H2,1-2H3. The van der Waals surface area contributed by atoms with Gasteiger partial charge in [0.25, 0.3) is 0 Å². The number of benzene rings is 3. The van der Waals surface area contributed by atoms with Crippen LogP contribution in [0.2, 0.25) is 0 Å². The van der Waals surface area contributed by atoms with Gasteiger partial charge < -0.3 is 4.74 Å². The van der Waals surface area contributed by atoms with E-state index in [0.29, 0.717) is 17.6 Å². The second-order valence-electron chi connectivity index (χ2n) is 6.88. The van der Waals surface area contributed by atoms with Crippen molar-refractivity contribution in [2.75, 3.05) is 7.11 Å². The van der Waals surface area contributed by atoms with Crippen molar-refractivity contribution in [3.63, 3.8) is 0 Å². The number of alkyl halides is 3. The number of fused-ring (bicyclic) bond motifs is 1. The van der Waals surface area contributed by atoms with Crippen LogP contribution >= 0.6 is 0 Å². The van der Waals surface area contributed by atoms with Gasteiger partial charge in [-0.2, -0.15) is 18.3 Å². The van der Waals surface area contributed by atoms with Gasteiger partial charge in [0.15, 0.2) is 0 Å². The fraction of sp³-hybridized carbons (Fsp3) is 0.174. The minimum atomic E-state index is -4.47. The lowest BCUT2D eigenvalue weighted by Gasteiger charge is -2.11. The number of hydrogen-bond donors (Lipinski definition) is 0. The third-order valence-corrected chi connectivity index (χ3v) is 4.92. The summed E-state index contributed by atoms with van der Waals surface area (Å²) in [5.74, 6) is 0.725. The average Bonchev–Trinajstić information content (AvgIpc) is 3.05. The van der Waals surface area contributed by atoms with E-state index in [2.05, 4.69) is 5.10 Å². The van der Waals surface area contributed by atoms with Gasteiger partial charge in [0.2, 0.25) is 0 Å². The lowest BCUT2D eigenvalue weighted by atomic mass is 10.0. The molecule has 3 nitrogen and oxygen atoms in total. The van der Waals surface area contributed by atoms with Gasteiger partial charge >= 0.3 is 6.18 Å². The molecule has 4 rings (SSSR count). The number of rotatable bonds is 4. The highest BCUT2D eigenvalue weighted by molar-refractivity contribution is 5.95. The Morgan fingerprint density at radius 2 is 1.72 bits per heavy atom. The van der Waals surface area contributed by atoms with Gasteiger partial charge in [0, 0.05) is 10.9 Å². The second-order valence-corrected chi connectivity index (χ2v) is 6.88. The van der Waals surface area contributed by atoms with Gasteiger partial charge in [-0.3, -0.25) is 4.68 Å². The van der Waals surface area contributed by atoms with Gasteiger partial charge in [-0.15, -0.1) is 0 Å². The molecule has 0 saturated carbocycles. The van der Waals surface area contributed by atoms with E-state index < -0.39 is 11.7 Å². The van der Waals surface area contributed by atoms with Crippen LogP contribution in [0.25, 0.3) is 22.2 Å². The molecule has 0 aliphatic heterocycles. The summed E-state index contributed by atoms with van der Waals surface area (Å²) in [6.07, 6.45) is -4.47. The first kappa shape index (κ1) is 19.1. The van der Waals surface area contributed by atoms with Gasteiger partial charge in [0.1, 0.15) is 11.3 Å². The van der Waals surface area contributed by atoms with Crippen LogP contribution in [-0.4, -0.2) is 16.9 Å². The van der Waals surface area contributed by atoms with Crippen molar-refractivity contribution in [3.05, 3.63) is 83.4 Å². The van der Waals surface area contributed by atoms with Gasteiger partial charge in [-0.1, -0.05) is 42.5 Å². The first-order valence-corrected chi connectivity index (χ1v) is 9.14. The van der Waals surface area contributed by atoms with E-state index in [9.17, 15) is 13.2 Å². The summed E-state index contributed by atoms with van der Waals surface area (Å²) in [6, 6.07) is 19.3. The Kier molecular flexibility index (Phi) is 4.78. The van der Waals surface area contributed by atoms with Crippen LogP contribution < -0.4 is 4.74 Å². The van der Waals surface area contributed by atoms with Gasteiger partial charge in [-0.25, -0.2) is 0 Å². The van der Waals surface area contributed by atoms with Crippen molar-refractivity contribution in [1.29, 1.82) is 0 Å². The molecule has 0 spiro atoms. The van der Waals surface area contributed by atoms with Crippen molar-refractivity contribution in [3.8, 4) is 17.0 Å². The summed E-state index contributed by atoms with van der Waals surface area (Å²) in [4.78, 5) is 0. The predicted octanol–water partition coefficient (Wildman–Crippen LogP) is 6.09. The lowest BCUT2D eigenvalue weighted by Crippen LogP contribution is -2.06. The van der Waals surface area contributed by atoms with Crippen LogP contribution in [0.3, 0.4) is 0 Å². The third-order valence-electron chi connectivity index (χ3n) is 4.92. The van der Waals surface area contributed by atoms with E-state index in [-0.39, 0.29) is 5.52 Å². The number of halogens is 3. The Labute approximate surface area is 166 Å². The summed E-state index contributed by atoms with van der Waals surface area (Å²) in [7, 11) is 1.59. The Morgan fingerprint density at radius 3 is 2.38 bits per heavy atom. The van der Waals surface area contributed by atoms with E-state index in [1.807, 2.05) is 55.5 Å². The Balaban J connectivity index is 1.97. The molecule has 0 radical (unpaired) electrons. The molecule has 148 valence electrons. The SMILES string of the molecule is COc1ccc(-c2c3cccc(C(F)(F)F)c3nn2Cc2ccccc2)cc1C. The summed E-state index contributed by atoms with van der Waals surface area (Å²) in [6.45, 7) is 2.27. The molecular formula is C23H19F3N2O. The molecular weight excluding hydrogens is 377 g/mol. The maximum absolute atomic E-state index is 13.6. The van der Waals surface area contributed by atoms with Crippen LogP contribution in [0.15, 0.2) is 66.7 Å². The van der Waals surface area contributed by atoms with Crippen LogP contribution in [-0.2, 0) is 12.7 Å². The molecule has 0 bridgehead atoms. The van der Waals surface area contributed by atoms with E-state index in [1.165, 1.54) is 6.07 Å². The third kappa shape index (κ3) is 3.58. The number of nitrogens with zero attached hydrogens (tertiary/aromatic N) is 2. The summed E-state index contributed by atoms with van der Waals surface area (Å²) >= 11 is 0. The van der Waals surface area contributed by atoms with Crippen molar-refractivity contribution in [2.45, 2.75) is 19.6 Å². The maximum Gasteiger partial charge on any atom is 0.418 e. The van der Waals surface area contributed by atoms with E-state index in [4.69, 9.17) is 4.74 Å². The highest BCUT2D eigenvalue weighted by atomic mass is 19.4. The first-order valence-electron chi connectivity index (χ1n) is 9.14. The molecule has 29 heavy (non-hydrogen) atoms. The summed E-state index contributed by atoms with van der Waals surface area (Å²) in [5.41, 5.74) is 2.53. The van der Waals surface area contributed by atoms with Crippen LogP contribution in [0.4, 0.5) is 13.2 Å². The van der Waals surface area contributed by atoms with Crippen molar-refractivity contribution in [2.24, 2.45) is 0 Å². The second kappa shape index (κ2) is 7.28. The van der Waals surface area contributed by atoms with Crippen LogP contribution in [0.5, 0.6) is 5.75 Å². The van der Waals surface area contributed by atoms with Crippen LogP contribution in [0, 0.1) is 6.92 Å². The molecule has 4 aromatic rings. The molecule has 0 saturated heterocycles. The van der Waals surface area contributed by atoms with Crippen molar-refractivity contribution < 1.29 is 17.9 Å². The highest BCUT2D eigenvalue weighted by Crippen LogP contribution is 2.38. The van der Waals surface area contributed by atoms with Crippen LogP contribution in [0.1, 0.15) is 16.7 Å². The molecule has 1 aromatic heterocycles.